The number of anilines is 1. The Bertz CT molecular complexity index is 464. The molecule has 0 radical (unpaired) electrons. The second kappa shape index (κ2) is 7.98. The molecule has 0 bridgehead atoms. The Balaban J connectivity index is 1.70. The summed E-state index contributed by atoms with van der Waals surface area (Å²) >= 11 is 9.23. The smallest absolute Gasteiger partial charge is 0.226 e. The van der Waals surface area contributed by atoms with Crippen LogP contribution >= 0.6 is 27.5 Å². The standard InChI is InChI=1S/C14H18BrClN2O2/c15-12-9-10(1-2-13(12)16)18-14(19)5-8-20-11-3-6-17-7-4-11/h1-2,9,11,17H,3-8H2,(H,18,19). The first-order chi connectivity index (χ1) is 9.65. The molecule has 0 aliphatic carbocycles. The number of hydrogen-bond donors (Lipinski definition) is 2. The van der Waals surface area contributed by atoms with Crippen molar-refractivity contribution < 1.29 is 9.53 Å². The Hall–Kier alpha value is -0.620. The van der Waals surface area contributed by atoms with Crippen LogP contribution in [0.25, 0.3) is 0 Å². The lowest BCUT2D eigenvalue weighted by Crippen LogP contribution is -2.33. The highest BCUT2D eigenvalue weighted by Crippen LogP contribution is 2.25. The molecule has 0 atom stereocenters. The van der Waals surface area contributed by atoms with Gasteiger partial charge in [0.05, 0.1) is 24.2 Å². The van der Waals surface area contributed by atoms with Crippen molar-refractivity contribution >= 4 is 39.1 Å². The van der Waals surface area contributed by atoms with Crippen LogP contribution in [0.4, 0.5) is 5.69 Å². The zero-order valence-corrected chi connectivity index (χ0v) is 13.5. The van der Waals surface area contributed by atoms with Crippen LogP contribution < -0.4 is 10.6 Å². The average Bonchev–Trinajstić information content (AvgIpc) is 2.44. The van der Waals surface area contributed by atoms with Crippen molar-refractivity contribution in [1.82, 2.24) is 5.32 Å². The normalized spacial score (nSPS) is 16.1. The summed E-state index contributed by atoms with van der Waals surface area (Å²) < 4.78 is 6.47. The highest BCUT2D eigenvalue weighted by molar-refractivity contribution is 9.10. The second-order valence-electron chi connectivity index (χ2n) is 4.75. The van der Waals surface area contributed by atoms with Crippen molar-refractivity contribution in [2.45, 2.75) is 25.4 Å². The molecule has 1 saturated heterocycles. The summed E-state index contributed by atoms with van der Waals surface area (Å²) in [6, 6.07) is 5.30. The topological polar surface area (TPSA) is 50.4 Å². The minimum Gasteiger partial charge on any atom is -0.378 e. The van der Waals surface area contributed by atoms with Gasteiger partial charge < -0.3 is 15.4 Å². The lowest BCUT2D eigenvalue weighted by Gasteiger charge is -2.22. The number of benzene rings is 1. The van der Waals surface area contributed by atoms with Crippen LogP contribution in [0, 0.1) is 0 Å². The molecule has 1 heterocycles. The second-order valence-corrected chi connectivity index (χ2v) is 6.01. The summed E-state index contributed by atoms with van der Waals surface area (Å²) in [5.74, 6) is -0.0480. The zero-order valence-electron chi connectivity index (χ0n) is 11.1. The number of amides is 1. The molecule has 0 spiro atoms. The molecule has 1 aromatic carbocycles. The molecule has 1 aromatic rings. The van der Waals surface area contributed by atoms with E-state index in [0.29, 0.717) is 18.1 Å². The molecule has 1 aliphatic rings. The molecule has 0 unspecified atom stereocenters. The van der Waals surface area contributed by atoms with Crippen molar-refractivity contribution in [1.29, 1.82) is 0 Å². The third kappa shape index (κ3) is 5.05. The van der Waals surface area contributed by atoms with Crippen LogP contribution in [-0.2, 0) is 9.53 Å². The Morgan fingerprint density at radius 3 is 2.90 bits per heavy atom. The third-order valence-corrected chi connectivity index (χ3v) is 4.39. The number of halogens is 2. The molecule has 6 heteroatoms. The van der Waals surface area contributed by atoms with Gasteiger partial charge >= 0.3 is 0 Å². The van der Waals surface area contributed by atoms with Gasteiger partial charge in [-0.3, -0.25) is 4.79 Å². The molecule has 110 valence electrons. The maximum Gasteiger partial charge on any atom is 0.226 e. The van der Waals surface area contributed by atoms with E-state index in [0.717, 1.165) is 36.1 Å². The number of hydrogen-bond acceptors (Lipinski definition) is 3. The monoisotopic (exact) mass is 360 g/mol. The van der Waals surface area contributed by atoms with Gasteiger partial charge in [0, 0.05) is 10.2 Å². The number of rotatable bonds is 5. The summed E-state index contributed by atoms with van der Waals surface area (Å²) in [4.78, 5) is 11.8. The molecule has 2 N–H and O–H groups in total. The zero-order chi connectivity index (χ0) is 14.4. The van der Waals surface area contributed by atoms with Crippen LogP contribution in [0.15, 0.2) is 22.7 Å². The fourth-order valence-electron chi connectivity index (χ4n) is 2.08. The van der Waals surface area contributed by atoms with Gasteiger partial charge in [0.2, 0.25) is 5.91 Å². The summed E-state index contributed by atoms with van der Waals surface area (Å²) in [5.41, 5.74) is 0.730. The lowest BCUT2D eigenvalue weighted by molar-refractivity contribution is -0.117. The van der Waals surface area contributed by atoms with Gasteiger partial charge in [-0.2, -0.15) is 0 Å². The van der Waals surface area contributed by atoms with Gasteiger partial charge in [-0.1, -0.05) is 11.6 Å². The van der Waals surface area contributed by atoms with Crippen LogP contribution in [0.5, 0.6) is 0 Å². The number of carbonyl (C=O) groups excluding carboxylic acids is 1. The predicted molar refractivity (Wildman–Crippen MR) is 84.2 cm³/mol. The minimum absolute atomic E-state index is 0.0480. The predicted octanol–water partition coefficient (Wildman–Crippen LogP) is 3.20. The Morgan fingerprint density at radius 2 is 2.20 bits per heavy atom. The average molecular weight is 362 g/mol. The van der Waals surface area contributed by atoms with E-state index in [1.807, 2.05) is 0 Å². The molecule has 1 amide bonds. The van der Waals surface area contributed by atoms with Gasteiger partial charge in [-0.15, -0.1) is 0 Å². The minimum atomic E-state index is -0.0480. The third-order valence-electron chi connectivity index (χ3n) is 3.17. The number of piperidine rings is 1. The fourth-order valence-corrected chi connectivity index (χ4v) is 2.57. The Morgan fingerprint density at radius 1 is 1.45 bits per heavy atom. The maximum atomic E-state index is 11.8. The van der Waals surface area contributed by atoms with Crippen molar-refractivity contribution in [3.05, 3.63) is 27.7 Å². The summed E-state index contributed by atoms with van der Waals surface area (Å²) in [6.07, 6.45) is 2.69. The van der Waals surface area contributed by atoms with E-state index >= 15 is 0 Å². The van der Waals surface area contributed by atoms with Crippen LogP contribution in [-0.4, -0.2) is 31.7 Å². The molecule has 20 heavy (non-hydrogen) atoms. The lowest BCUT2D eigenvalue weighted by atomic mass is 10.1. The van der Waals surface area contributed by atoms with Crippen LogP contribution in [0.2, 0.25) is 5.02 Å². The fraction of sp³-hybridized carbons (Fsp3) is 0.500. The van der Waals surface area contributed by atoms with E-state index in [-0.39, 0.29) is 12.0 Å². The van der Waals surface area contributed by atoms with Gasteiger partial charge in [-0.25, -0.2) is 0 Å². The summed E-state index contributed by atoms with van der Waals surface area (Å²) in [7, 11) is 0. The van der Waals surface area contributed by atoms with Crippen molar-refractivity contribution in [3.8, 4) is 0 Å². The molecular formula is C14H18BrClN2O2. The molecule has 0 aromatic heterocycles. The van der Waals surface area contributed by atoms with Gasteiger partial charge in [0.1, 0.15) is 0 Å². The Kier molecular flexibility index (Phi) is 6.29. The van der Waals surface area contributed by atoms with E-state index < -0.39 is 0 Å². The van der Waals surface area contributed by atoms with Crippen LogP contribution in [0.1, 0.15) is 19.3 Å². The first-order valence-electron chi connectivity index (χ1n) is 6.72. The molecule has 1 aliphatic heterocycles. The van der Waals surface area contributed by atoms with E-state index in [2.05, 4.69) is 26.6 Å². The van der Waals surface area contributed by atoms with Gasteiger partial charge in [0.25, 0.3) is 0 Å². The number of carbonyl (C=O) groups is 1. The van der Waals surface area contributed by atoms with Crippen LogP contribution in [0.3, 0.4) is 0 Å². The number of nitrogens with one attached hydrogen (secondary N) is 2. The number of ether oxygens (including phenoxy) is 1. The van der Waals surface area contributed by atoms with Crippen molar-refractivity contribution in [3.63, 3.8) is 0 Å². The molecule has 4 nitrogen and oxygen atoms in total. The molecular weight excluding hydrogens is 344 g/mol. The van der Waals surface area contributed by atoms with E-state index in [1.165, 1.54) is 0 Å². The Labute approximate surface area is 132 Å². The molecule has 1 fully saturated rings. The van der Waals surface area contributed by atoms with Gasteiger partial charge in [0.15, 0.2) is 0 Å². The van der Waals surface area contributed by atoms with Gasteiger partial charge in [-0.05, 0) is 60.1 Å². The SMILES string of the molecule is O=C(CCOC1CCNCC1)Nc1ccc(Cl)c(Br)c1. The van der Waals surface area contributed by atoms with Crippen molar-refractivity contribution in [2.24, 2.45) is 0 Å². The van der Waals surface area contributed by atoms with E-state index in [9.17, 15) is 4.79 Å². The first-order valence-corrected chi connectivity index (χ1v) is 7.89. The van der Waals surface area contributed by atoms with E-state index in [1.54, 1.807) is 18.2 Å². The highest BCUT2D eigenvalue weighted by atomic mass is 79.9. The van der Waals surface area contributed by atoms with Crippen molar-refractivity contribution in [2.75, 3.05) is 25.0 Å². The highest BCUT2D eigenvalue weighted by Gasteiger charge is 2.13. The molecule has 0 saturated carbocycles. The first kappa shape index (κ1) is 15.8. The largest absolute Gasteiger partial charge is 0.378 e. The maximum absolute atomic E-state index is 11.8. The summed E-state index contributed by atoms with van der Waals surface area (Å²) in [6.45, 7) is 2.45. The summed E-state index contributed by atoms with van der Waals surface area (Å²) in [5, 5.41) is 6.73. The molecule has 2 rings (SSSR count). The van der Waals surface area contributed by atoms with E-state index in [4.69, 9.17) is 16.3 Å². The quantitative estimate of drug-likeness (QED) is 0.847.